The highest BCUT2D eigenvalue weighted by atomic mass is 16.5. The van der Waals surface area contributed by atoms with Gasteiger partial charge in [-0.25, -0.2) is 9.78 Å². The topological polar surface area (TPSA) is 83.7 Å². The number of rotatable bonds is 4. The molecule has 0 bridgehead atoms. The fourth-order valence-corrected chi connectivity index (χ4v) is 3.78. The molecule has 0 amide bonds. The van der Waals surface area contributed by atoms with E-state index in [9.17, 15) is 10.1 Å². The quantitative estimate of drug-likeness (QED) is 0.373. The number of aryl methyl sites for hydroxylation is 2. The van der Waals surface area contributed by atoms with Crippen molar-refractivity contribution < 1.29 is 9.53 Å². The van der Waals surface area contributed by atoms with Gasteiger partial charge in [0, 0.05) is 17.1 Å². The van der Waals surface area contributed by atoms with E-state index in [1.807, 2.05) is 63.2 Å². The minimum Gasteiger partial charge on any atom is -0.465 e. The Morgan fingerprint density at radius 2 is 1.97 bits per heavy atom. The van der Waals surface area contributed by atoms with Gasteiger partial charge in [0.1, 0.15) is 11.9 Å². The number of nitriles is 1. The molecule has 0 atom stereocenters. The summed E-state index contributed by atoms with van der Waals surface area (Å²) in [5.74, 6) is 0.164. The van der Waals surface area contributed by atoms with Crippen LogP contribution in [-0.4, -0.2) is 27.6 Å². The Kier molecular flexibility index (Phi) is 5.18. The lowest BCUT2D eigenvalue weighted by Gasteiger charge is -2.11. The van der Waals surface area contributed by atoms with Gasteiger partial charge in [-0.05, 0) is 74.4 Å². The number of benzene rings is 2. The van der Waals surface area contributed by atoms with Gasteiger partial charge in [0.15, 0.2) is 0 Å². The first-order valence-electron chi connectivity index (χ1n) is 9.87. The summed E-state index contributed by atoms with van der Waals surface area (Å²) in [6.45, 7) is 6.00. The predicted octanol–water partition coefficient (Wildman–Crippen LogP) is 5.13. The fraction of sp³-hybridized carbons (Fsp3) is 0.160. The Balaban J connectivity index is 1.78. The van der Waals surface area contributed by atoms with Crippen molar-refractivity contribution in [3.05, 3.63) is 82.4 Å². The molecular formula is C25H22N4O2. The number of carbonyl (C=O) groups is 1. The minimum absolute atomic E-state index is 0.378. The molecule has 0 aliphatic heterocycles. The molecule has 0 unspecified atom stereocenters. The molecule has 0 fully saturated rings. The highest BCUT2D eigenvalue weighted by molar-refractivity contribution is 5.91. The van der Waals surface area contributed by atoms with E-state index in [1.165, 1.54) is 7.11 Å². The average molecular weight is 410 g/mol. The predicted molar refractivity (Wildman–Crippen MR) is 121 cm³/mol. The highest BCUT2D eigenvalue weighted by Gasteiger charge is 2.14. The Hall–Kier alpha value is -4.11. The third-order valence-electron chi connectivity index (χ3n) is 5.31. The summed E-state index contributed by atoms with van der Waals surface area (Å²) in [4.78, 5) is 19.7. The summed E-state index contributed by atoms with van der Waals surface area (Å²) in [5, 5.41) is 9.79. The van der Waals surface area contributed by atoms with Gasteiger partial charge in [0.05, 0.1) is 29.3 Å². The van der Waals surface area contributed by atoms with Crippen LogP contribution in [0.3, 0.4) is 0 Å². The Labute approximate surface area is 180 Å². The van der Waals surface area contributed by atoms with E-state index in [4.69, 9.17) is 4.74 Å². The van der Waals surface area contributed by atoms with Gasteiger partial charge in [0.25, 0.3) is 0 Å². The van der Waals surface area contributed by atoms with Crippen LogP contribution in [0.2, 0.25) is 0 Å². The van der Waals surface area contributed by atoms with E-state index in [1.54, 1.807) is 12.1 Å². The number of hydrogen-bond donors (Lipinski definition) is 1. The van der Waals surface area contributed by atoms with Crippen molar-refractivity contribution in [2.75, 3.05) is 7.11 Å². The van der Waals surface area contributed by atoms with E-state index in [-0.39, 0.29) is 5.97 Å². The summed E-state index contributed by atoms with van der Waals surface area (Å²) in [6, 6.07) is 17.5. The molecule has 0 aliphatic rings. The minimum atomic E-state index is -0.378. The Morgan fingerprint density at radius 3 is 2.71 bits per heavy atom. The molecule has 2 heterocycles. The zero-order valence-electron chi connectivity index (χ0n) is 17.9. The maximum absolute atomic E-state index is 11.9. The molecule has 6 heteroatoms. The molecule has 1 N–H and O–H groups in total. The number of aromatic nitrogens is 3. The lowest BCUT2D eigenvalue weighted by Crippen LogP contribution is -2.04. The van der Waals surface area contributed by atoms with Crippen LogP contribution in [0, 0.1) is 32.1 Å². The number of allylic oxidation sites excluding steroid dienone is 1. The third kappa shape index (κ3) is 3.74. The number of methoxy groups -OCH3 is 1. The van der Waals surface area contributed by atoms with Gasteiger partial charge < -0.3 is 14.3 Å². The Bertz CT molecular complexity index is 1380. The number of ether oxygens (including phenoxy) is 1. The maximum Gasteiger partial charge on any atom is 0.337 e. The van der Waals surface area contributed by atoms with Crippen LogP contribution < -0.4 is 0 Å². The largest absolute Gasteiger partial charge is 0.465 e. The molecule has 6 nitrogen and oxygen atoms in total. The van der Waals surface area contributed by atoms with Crippen LogP contribution in [-0.2, 0) is 4.74 Å². The number of nitrogens with zero attached hydrogens (tertiary/aromatic N) is 3. The molecule has 4 aromatic rings. The first-order valence-corrected chi connectivity index (χ1v) is 9.87. The van der Waals surface area contributed by atoms with E-state index in [0.717, 1.165) is 39.2 Å². The molecule has 0 aliphatic carbocycles. The summed E-state index contributed by atoms with van der Waals surface area (Å²) in [5.41, 5.74) is 7.51. The molecular weight excluding hydrogens is 388 g/mol. The van der Waals surface area contributed by atoms with Crippen molar-refractivity contribution in [3.8, 4) is 11.8 Å². The SMILES string of the molecule is COC(=O)c1cccc(-n2c(C)cc(/C=C(/C#N)c3nc4ccc(C)cc4[nH]3)c2C)c1. The fourth-order valence-electron chi connectivity index (χ4n) is 3.78. The number of imidazole rings is 1. The summed E-state index contributed by atoms with van der Waals surface area (Å²) >= 11 is 0. The number of esters is 1. The first-order chi connectivity index (χ1) is 14.9. The second-order valence-electron chi connectivity index (χ2n) is 7.48. The molecule has 0 spiro atoms. The van der Waals surface area contributed by atoms with Crippen LogP contribution in [0.1, 0.15) is 38.7 Å². The monoisotopic (exact) mass is 410 g/mol. The zero-order chi connectivity index (χ0) is 22.1. The lowest BCUT2D eigenvalue weighted by atomic mass is 10.1. The molecule has 0 radical (unpaired) electrons. The number of fused-ring (bicyclic) bond motifs is 1. The van der Waals surface area contributed by atoms with E-state index < -0.39 is 0 Å². The summed E-state index contributed by atoms with van der Waals surface area (Å²) in [7, 11) is 1.37. The summed E-state index contributed by atoms with van der Waals surface area (Å²) < 4.78 is 6.89. The number of carbonyl (C=O) groups excluding carboxylic acids is 1. The van der Waals surface area contributed by atoms with Gasteiger partial charge in [-0.15, -0.1) is 0 Å². The van der Waals surface area contributed by atoms with Crippen LogP contribution >= 0.6 is 0 Å². The van der Waals surface area contributed by atoms with Gasteiger partial charge in [-0.2, -0.15) is 5.26 Å². The van der Waals surface area contributed by atoms with Gasteiger partial charge in [-0.1, -0.05) is 12.1 Å². The number of nitrogens with one attached hydrogen (secondary N) is 1. The zero-order valence-corrected chi connectivity index (χ0v) is 17.9. The lowest BCUT2D eigenvalue weighted by molar-refractivity contribution is 0.0600. The van der Waals surface area contributed by atoms with E-state index in [0.29, 0.717) is 17.0 Å². The van der Waals surface area contributed by atoms with Crippen molar-refractivity contribution in [1.82, 2.24) is 14.5 Å². The normalized spacial score (nSPS) is 11.5. The Morgan fingerprint density at radius 1 is 1.16 bits per heavy atom. The van der Waals surface area contributed by atoms with Gasteiger partial charge in [-0.3, -0.25) is 0 Å². The van der Waals surface area contributed by atoms with Gasteiger partial charge in [0.2, 0.25) is 0 Å². The molecule has 2 aromatic carbocycles. The maximum atomic E-state index is 11.9. The molecule has 31 heavy (non-hydrogen) atoms. The molecule has 4 rings (SSSR count). The van der Waals surface area contributed by atoms with E-state index in [2.05, 4.69) is 20.6 Å². The molecule has 154 valence electrons. The van der Waals surface area contributed by atoms with E-state index >= 15 is 0 Å². The van der Waals surface area contributed by atoms with Crippen molar-refractivity contribution in [2.45, 2.75) is 20.8 Å². The van der Waals surface area contributed by atoms with Crippen LogP contribution in [0.25, 0.3) is 28.4 Å². The second kappa shape index (κ2) is 7.96. The number of aromatic amines is 1. The highest BCUT2D eigenvalue weighted by Crippen LogP contribution is 2.26. The third-order valence-corrected chi connectivity index (χ3v) is 5.31. The van der Waals surface area contributed by atoms with Crippen molar-refractivity contribution >= 4 is 28.7 Å². The summed E-state index contributed by atoms with van der Waals surface area (Å²) in [6.07, 6.45) is 1.84. The van der Waals surface area contributed by atoms with Crippen molar-refractivity contribution in [1.29, 1.82) is 5.26 Å². The average Bonchev–Trinajstić information content (AvgIpc) is 3.30. The van der Waals surface area contributed by atoms with Gasteiger partial charge >= 0.3 is 5.97 Å². The number of hydrogen-bond acceptors (Lipinski definition) is 4. The molecule has 2 aromatic heterocycles. The van der Waals surface area contributed by atoms with Crippen molar-refractivity contribution in [3.63, 3.8) is 0 Å². The molecule has 0 saturated carbocycles. The number of H-pyrrole nitrogens is 1. The second-order valence-corrected chi connectivity index (χ2v) is 7.48. The first kappa shape index (κ1) is 20.2. The van der Waals surface area contributed by atoms with Crippen molar-refractivity contribution in [2.24, 2.45) is 0 Å². The smallest absolute Gasteiger partial charge is 0.337 e. The van der Waals surface area contributed by atoms with Crippen LogP contribution in [0.5, 0.6) is 0 Å². The van der Waals surface area contributed by atoms with Crippen LogP contribution in [0.15, 0.2) is 48.5 Å². The standard InChI is InChI=1S/C25H22N4O2/c1-15-8-9-22-23(10-15)28-24(27-22)20(14-26)12-19-11-16(2)29(17(19)3)21-7-5-6-18(13-21)25(30)31-4/h5-13H,1-4H3,(H,27,28)/b20-12-. The molecule has 0 saturated heterocycles. The van der Waals surface area contributed by atoms with Crippen LogP contribution in [0.4, 0.5) is 0 Å².